The van der Waals surface area contributed by atoms with E-state index in [9.17, 15) is 24.6 Å². The third-order valence-corrected chi connectivity index (χ3v) is 7.72. The molecule has 3 saturated heterocycles. The molecule has 2 amide bonds. The molecule has 0 aromatic carbocycles. The average molecular weight is 437 g/mol. The second-order valence-corrected chi connectivity index (χ2v) is 9.57. The van der Waals surface area contributed by atoms with Crippen molar-refractivity contribution >= 4 is 17.8 Å². The van der Waals surface area contributed by atoms with Crippen LogP contribution in [0.4, 0.5) is 0 Å². The van der Waals surface area contributed by atoms with Crippen LogP contribution in [-0.2, 0) is 19.1 Å². The Morgan fingerprint density at radius 1 is 1.45 bits per heavy atom. The summed E-state index contributed by atoms with van der Waals surface area (Å²) in [6.07, 6.45) is 4.15. The van der Waals surface area contributed by atoms with Gasteiger partial charge in [-0.3, -0.25) is 14.4 Å². The topological polar surface area (TPSA) is 107 Å². The van der Waals surface area contributed by atoms with E-state index in [4.69, 9.17) is 4.74 Å². The van der Waals surface area contributed by atoms with Gasteiger partial charge in [0.2, 0.25) is 11.8 Å². The second-order valence-electron chi connectivity index (χ2n) is 9.57. The van der Waals surface area contributed by atoms with Crippen LogP contribution in [0.3, 0.4) is 0 Å². The van der Waals surface area contributed by atoms with Crippen LogP contribution < -0.4 is 0 Å². The number of likely N-dealkylation sites (tertiary alicyclic amines) is 1. The lowest BCUT2D eigenvalue weighted by molar-refractivity contribution is -0.158. The van der Waals surface area contributed by atoms with Crippen LogP contribution in [-0.4, -0.2) is 80.8 Å². The first-order valence-electron chi connectivity index (χ1n) is 11.4. The minimum absolute atomic E-state index is 0.0531. The molecule has 31 heavy (non-hydrogen) atoms. The molecular weight excluding hydrogens is 400 g/mol. The number of aliphatic hydroxyl groups is 1. The lowest BCUT2D eigenvalue weighted by Gasteiger charge is -2.39. The summed E-state index contributed by atoms with van der Waals surface area (Å²) < 4.78 is 6.46. The Kier molecular flexibility index (Phi) is 6.54. The zero-order valence-corrected chi connectivity index (χ0v) is 19.0. The molecule has 3 aliphatic rings. The van der Waals surface area contributed by atoms with Crippen molar-refractivity contribution in [3.8, 4) is 0 Å². The summed E-state index contributed by atoms with van der Waals surface area (Å²) in [5, 5.41) is 19.4. The van der Waals surface area contributed by atoms with Gasteiger partial charge in [0.05, 0.1) is 11.5 Å². The summed E-state index contributed by atoms with van der Waals surface area (Å²) in [7, 11) is 0. The lowest BCUT2D eigenvalue weighted by Crippen LogP contribution is -2.58. The Bertz CT molecular complexity index is 756. The van der Waals surface area contributed by atoms with Crippen molar-refractivity contribution in [3.05, 3.63) is 12.7 Å². The standard InChI is InChI=1S/C23H36N2O6/c1-6-9-15(4)24(10-7-2)20(28)18-23-13-14(3)22(5,31-23)17(21(29)30)16(23)19(27)25(18)11-8-12-26/h7,14-18,26H,2,6,8-13H2,1,3-5H3,(H,29,30)/t14?,15?,16-,17-,18?,22+,23?/m0/s1. The van der Waals surface area contributed by atoms with E-state index >= 15 is 0 Å². The molecule has 0 aliphatic carbocycles. The minimum Gasteiger partial charge on any atom is -0.481 e. The van der Waals surface area contributed by atoms with Gasteiger partial charge in [-0.15, -0.1) is 6.58 Å². The van der Waals surface area contributed by atoms with Crippen molar-refractivity contribution in [1.82, 2.24) is 9.80 Å². The summed E-state index contributed by atoms with van der Waals surface area (Å²) in [6.45, 7) is 11.9. The number of nitrogens with zero attached hydrogens (tertiary/aromatic N) is 2. The Labute approximate surface area is 184 Å². The molecule has 0 aromatic heterocycles. The largest absolute Gasteiger partial charge is 0.481 e. The molecule has 7 atom stereocenters. The summed E-state index contributed by atoms with van der Waals surface area (Å²) >= 11 is 0. The number of carboxylic acids is 1. The first-order valence-corrected chi connectivity index (χ1v) is 11.4. The number of hydrogen-bond acceptors (Lipinski definition) is 5. The Hall–Kier alpha value is -1.93. The van der Waals surface area contributed by atoms with E-state index in [2.05, 4.69) is 13.5 Å². The molecule has 8 nitrogen and oxygen atoms in total. The van der Waals surface area contributed by atoms with E-state index in [1.165, 1.54) is 4.90 Å². The molecule has 0 aromatic rings. The van der Waals surface area contributed by atoms with E-state index < -0.39 is 35.0 Å². The van der Waals surface area contributed by atoms with Crippen LogP contribution in [0, 0.1) is 17.8 Å². The van der Waals surface area contributed by atoms with E-state index in [0.717, 1.165) is 12.8 Å². The molecular formula is C23H36N2O6. The van der Waals surface area contributed by atoms with Gasteiger partial charge in [-0.25, -0.2) is 0 Å². The monoisotopic (exact) mass is 436 g/mol. The van der Waals surface area contributed by atoms with Crippen molar-refractivity contribution in [3.63, 3.8) is 0 Å². The number of aliphatic carboxylic acids is 1. The summed E-state index contributed by atoms with van der Waals surface area (Å²) in [5.74, 6) is -3.64. The van der Waals surface area contributed by atoms with Crippen molar-refractivity contribution in [2.24, 2.45) is 17.8 Å². The van der Waals surface area contributed by atoms with Crippen molar-refractivity contribution in [2.75, 3.05) is 19.7 Å². The van der Waals surface area contributed by atoms with Gasteiger partial charge >= 0.3 is 5.97 Å². The fourth-order valence-electron chi connectivity index (χ4n) is 6.23. The fraction of sp³-hybridized carbons (Fsp3) is 0.783. The molecule has 1 spiro atoms. The second kappa shape index (κ2) is 8.54. The molecule has 2 bridgehead atoms. The number of aliphatic hydroxyl groups excluding tert-OH is 1. The molecule has 174 valence electrons. The maximum absolute atomic E-state index is 14.0. The molecule has 0 radical (unpaired) electrons. The van der Waals surface area contributed by atoms with Gasteiger partial charge in [0, 0.05) is 25.7 Å². The molecule has 3 fully saturated rings. The number of rotatable bonds is 10. The van der Waals surface area contributed by atoms with Gasteiger partial charge < -0.3 is 24.7 Å². The predicted octanol–water partition coefficient (Wildman–Crippen LogP) is 1.67. The third-order valence-electron chi connectivity index (χ3n) is 7.72. The Morgan fingerprint density at radius 2 is 2.13 bits per heavy atom. The Balaban J connectivity index is 2.09. The van der Waals surface area contributed by atoms with Crippen LogP contribution in [0.15, 0.2) is 12.7 Å². The van der Waals surface area contributed by atoms with Gasteiger partial charge in [0.25, 0.3) is 0 Å². The molecule has 2 N–H and O–H groups in total. The van der Waals surface area contributed by atoms with Crippen LogP contribution in [0.1, 0.15) is 53.4 Å². The van der Waals surface area contributed by atoms with Gasteiger partial charge in [0.15, 0.2) is 0 Å². The molecule has 4 unspecified atom stereocenters. The summed E-state index contributed by atoms with van der Waals surface area (Å²) in [4.78, 5) is 43.0. The summed E-state index contributed by atoms with van der Waals surface area (Å²) in [6, 6.07) is -0.952. The minimum atomic E-state index is -1.16. The number of hydrogen-bond donors (Lipinski definition) is 2. The number of amides is 2. The molecule has 3 heterocycles. The summed E-state index contributed by atoms with van der Waals surface area (Å²) in [5.41, 5.74) is -2.15. The van der Waals surface area contributed by atoms with Crippen molar-refractivity contribution in [2.45, 2.75) is 76.7 Å². The highest BCUT2D eigenvalue weighted by Crippen LogP contribution is 2.65. The number of ether oxygens (including phenoxy) is 1. The van der Waals surface area contributed by atoms with Gasteiger partial charge in [-0.2, -0.15) is 0 Å². The van der Waals surface area contributed by atoms with Crippen LogP contribution >= 0.6 is 0 Å². The quantitative estimate of drug-likeness (QED) is 0.505. The molecule has 3 aliphatic heterocycles. The average Bonchev–Trinajstić information content (AvgIpc) is 3.21. The van der Waals surface area contributed by atoms with Gasteiger partial charge in [-0.1, -0.05) is 26.3 Å². The number of carbonyl (C=O) groups excluding carboxylic acids is 2. The highest BCUT2D eigenvalue weighted by Gasteiger charge is 2.80. The first-order chi connectivity index (χ1) is 14.6. The molecule has 8 heteroatoms. The zero-order valence-electron chi connectivity index (χ0n) is 19.0. The van der Waals surface area contributed by atoms with Gasteiger partial charge in [-0.05, 0) is 39.0 Å². The highest BCUT2D eigenvalue weighted by atomic mass is 16.5. The van der Waals surface area contributed by atoms with E-state index in [1.54, 1.807) is 17.9 Å². The molecule has 0 saturated carbocycles. The smallest absolute Gasteiger partial charge is 0.310 e. The van der Waals surface area contributed by atoms with Crippen molar-refractivity contribution < 1.29 is 29.3 Å². The first kappa shape index (κ1) is 23.7. The van der Waals surface area contributed by atoms with Crippen LogP contribution in [0.25, 0.3) is 0 Å². The van der Waals surface area contributed by atoms with E-state index in [-0.39, 0.29) is 36.9 Å². The predicted molar refractivity (Wildman–Crippen MR) is 114 cm³/mol. The molecule has 3 rings (SSSR count). The van der Waals surface area contributed by atoms with E-state index in [0.29, 0.717) is 19.4 Å². The van der Waals surface area contributed by atoms with Crippen LogP contribution in [0.2, 0.25) is 0 Å². The van der Waals surface area contributed by atoms with Gasteiger partial charge in [0.1, 0.15) is 17.6 Å². The van der Waals surface area contributed by atoms with E-state index in [1.807, 2.05) is 13.8 Å². The fourth-order valence-corrected chi connectivity index (χ4v) is 6.23. The van der Waals surface area contributed by atoms with Crippen LogP contribution in [0.5, 0.6) is 0 Å². The normalized spacial score (nSPS) is 37.1. The zero-order chi connectivity index (χ0) is 23.1. The highest BCUT2D eigenvalue weighted by molar-refractivity contribution is 5.98. The maximum atomic E-state index is 14.0. The number of carbonyl (C=O) groups is 3. The number of fused-ring (bicyclic) bond motifs is 1. The Morgan fingerprint density at radius 3 is 2.68 bits per heavy atom. The van der Waals surface area contributed by atoms with Crippen molar-refractivity contribution in [1.29, 1.82) is 0 Å². The lowest BCUT2D eigenvalue weighted by atomic mass is 9.62. The third kappa shape index (κ3) is 3.39. The maximum Gasteiger partial charge on any atom is 0.310 e. The SMILES string of the molecule is C=CCN(C(=O)C1N(CCCO)C(=O)[C@@H]2[C@@H](C(=O)O)[C@]3(C)OC12CC3C)C(C)CCC. The number of carboxylic acid groups (broad SMARTS) is 1.